The Morgan fingerprint density at radius 1 is 0.955 bits per heavy atom. The number of anilines is 1. The molecular formula is C17H17NO4. The molecule has 0 fully saturated rings. The van der Waals surface area contributed by atoms with Crippen LogP contribution in [-0.4, -0.2) is 18.5 Å². The lowest BCUT2D eigenvalue weighted by Crippen LogP contribution is -2.09. The Bertz CT molecular complexity index is 647. The summed E-state index contributed by atoms with van der Waals surface area (Å²) in [6, 6.07) is 13.3. The van der Waals surface area contributed by atoms with Crippen molar-refractivity contribution in [3.63, 3.8) is 0 Å². The number of hydrogen-bond acceptors (Lipinski definition) is 4. The summed E-state index contributed by atoms with van der Waals surface area (Å²) in [6.07, 6.45) is 0. The zero-order valence-corrected chi connectivity index (χ0v) is 12.5. The van der Waals surface area contributed by atoms with Gasteiger partial charge >= 0.3 is 5.97 Å². The van der Waals surface area contributed by atoms with Crippen molar-refractivity contribution in [3.8, 4) is 11.5 Å². The standard InChI is InChI=1S/C17H17NO4/c1-3-21-15-8-4-13(5-9-15)17(20)22-16-10-6-14(7-11-16)18-12(2)19/h4-11H,3H2,1-2H3,(H,18,19). The van der Waals surface area contributed by atoms with Crippen molar-refractivity contribution in [2.45, 2.75) is 13.8 Å². The van der Waals surface area contributed by atoms with Crippen molar-refractivity contribution in [2.75, 3.05) is 11.9 Å². The number of hydrogen-bond donors (Lipinski definition) is 1. The second kappa shape index (κ2) is 7.26. The number of esters is 1. The summed E-state index contributed by atoms with van der Waals surface area (Å²) in [5, 5.41) is 2.64. The van der Waals surface area contributed by atoms with Crippen LogP contribution < -0.4 is 14.8 Å². The van der Waals surface area contributed by atoms with Crippen LogP contribution in [0.1, 0.15) is 24.2 Å². The lowest BCUT2D eigenvalue weighted by atomic mass is 10.2. The molecule has 0 spiro atoms. The minimum Gasteiger partial charge on any atom is -0.494 e. The van der Waals surface area contributed by atoms with Crippen LogP contribution in [-0.2, 0) is 4.79 Å². The lowest BCUT2D eigenvalue weighted by molar-refractivity contribution is -0.114. The zero-order valence-electron chi connectivity index (χ0n) is 12.5. The summed E-state index contributed by atoms with van der Waals surface area (Å²) in [5.74, 6) is 0.515. The summed E-state index contributed by atoms with van der Waals surface area (Å²) in [7, 11) is 0. The molecule has 2 rings (SSSR count). The minimum absolute atomic E-state index is 0.154. The molecule has 0 aliphatic heterocycles. The molecule has 0 saturated heterocycles. The van der Waals surface area contributed by atoms with Gasteiger partial charge in [0.2, 0.25) is 5.91 Å². The number of carbonyl (C=O) groups excluding carboxylic acids is 2. The Morgan fingerprint density at radius 3 is 2.09 bits per heavy atom. The normalized spacial score (nSPS) is 9.91. The van der Waals surface area contributed by atoms with Crippen molar-refractivity contribution in [2.24, 2.45) is 0 Å². The molecule has 0 bridgehead atoms. The monoisotopic (exact) mass is 299 g/mol. The van der Waals surface area contributed by atoms with E-state index < -0.39 is 5.97 Å². The minimum atomic E-state index is -0.449. The highest BCUT2D eigenvalue weighted by Crippen LogP contribution is 2.18. The molecule has 0 unspecified atom stereocenters. The van der Waals surface area contributed by atoms with Crippen molar-refractivity contribution in [3.05, 3.63) is 54.1 Å². The largest absolute Gasteiger partial charge is 0.494 e. The fourth-order valence-electron chi connectivity index (χ4n) is 1.83. The number of amides is 1. The average Bonchev–Trinajstić information content (AvgIpc) is 2.50. The van der Waals surface area contributed by atoms with Crippen LogP contribution in [0.15, 0.2) is 48.5 Å². The Labute approximate surface area is 128 Å². The molecular weight excluding hydrogens is 282 g/mol. The van der Waals surface area contributed by atoms with Crippen LogP contribution >= 0.6 is 0 Å². The molecule has 1 N–H and O–H groups in total. The number of ether oxygens (including phenoxy) is 2. The molecule has 0 aromatic heterocycles. The topological polar surface area (TPSA) is 64.6 Å². The molecule has 0 aliphatic rings. The predicted octanol–water partition coefficient (Wildman–Crippen LogP) is 3.26. The van der Waals surface area contributed by atoms with E-state index >= 15 is 0 Å². The molecule has 114 valence electrons. The van der Waals surface area contributed by atoms with Gasteiger partial charge in [0.05, 0.1) is 12.2 Å². The molecule has 5 nitrogen and oxygen atoms in total. The fraction of sp³-hybridized carbons (Fsp3) is 0.176. The number of benzene rings is 2. The van der Waals surface area contributed by atoms with Gasteiger partial charge in [-0.2, -0.15) is 0 Å². The highest BCUT2D eigenvalue weighted by atomic mass is 16.5. The lowest BCUT2D eigenvalue weighted by Gasteiger charge is -2.07. The van der Waals surface area contributed by atoms with Crippen molar-refractivity contribution >= 4 is 17.6 Å². The first-order valence-electron chi connectivity index (χ1n) is 6.91. The first-order chi connectivity index (χ1) is 10.6. The van der Waals surface area contributed by atoms with Gasteiger partial charge in [-0.3, -0.25) is 4.79 Å². The summed E-state index contributed by atoms with van der Waals surface area (Å²) in [4.78, 5) is 22.9. The van der Waals surface area contributed by atoms with E-state index in [4.69, 9.17) is 9.47 Å². The Balaban J connectivity index is 2.00. The third-order valence-corrected chi connectivity index (χ3v) is 2.79. The molecule has 0 heterocycles. The van der Waals surface area contributed by atoms with Crippen molar-refractivity contribution < 1.29 is 19.1 Å². The number of nitrogens with one attached hydrogen (secondary N) is 1. The zero-order chi connectivity index (χ0) is 15.9. The maximum atomic E-state index is 12.0. The second-order valence-electron chi connectivity index (χ2n) is 4.55. The van der Waals surface area contributed by atoms with E-state index in [2.05, 4.69) is 5.32 Å². The van der Waals surface area contributed by atoms with Crippen LogP contribution in [0.3, 0.4) is 0 Å². The molecule has 1 amide bonds. The van der Waals surface area contributed by atoms with Gasteiger partial charge in [0.15, 0.2) is 0 Å². The predicted molar refractivity (Wildman–Crippen MR) is 83.3 cm³/mol. The van der Waals surface area contributed by atoms with Gasteiger partial charge in [0.1, 0.15) is 11.5 Å². The Hall–Kier alpha value is -2.82. The van der Waals surface area contributed by atoms with Gasteiger partial charge in [-0.05, 0) is 55.5 Å². The summed E-state index contributed by atoms with van der Waals surface area (Å²) in [5.41, 5.74) is 1.09. The van der Waals surface area contributed by atoms with Crippen LogP contribution in [0.2, 0.25) is 0 Å². The molecule has 0 aliphatic carbocycles. The van der Waals surface area contributed by atoms with E-state index in [1.807, 2.05) is 6.92 Å². The first kappa shape index (κ1) is 15.6. The molecule has 0 saturated carbocycles. The Morgan fingerprint density at radius 2 is 1.55 bits per heavy atom. The van der Waals surface area contributed by atoms with Gasteiger partial charge in [-0.25, -0.2) is 4.79 Å². The van der Waals surface area contributed by atoms with Gasteiger partial charge in [-0.1, -0.05) is 0 Å². The SMILES string of the molecule is CCOc1ccc(C(=O)Oc2ccc(NC(C)=O)cc2)cc1. The number of carbonyl (C=O) groups is 2. The molecule has 0 atom stereocenters. The summed E-state index contributed by atoms with van der Waals surface area (Å²) >= 11 is 0. The van der Waals surface area contributed by atoms with Gasteiger partial charge in [0, 0.05) is 12.6 Å². The second-order valence-corrected chi connectivity index (χ2v) is 4.55. The molecule has 0 radical (unpaired) electrons. The maximum absolute atomic E-state index is 12.0. The third-order valence-electron chi connectivity index (χ3n) is 2.79. The molecule has 5 heteroatoms. The van der Waals surface area contributed by atoms with Crippen LogP contribution in [0, 0.1) is 0 Å². The van der Waals surface area contributed by atoms with E-state index in [1.54, 1.807) is 48.5 Å². The Kier molecular flexibility index (Phi) is 5.14. The average molecular weight is 299 g/mol. The van der Waals surface area contributed by atoms with Crippen LogP contribution in [0.25, 0.3) is 0 Å². The first-order valence-corrected chi connectivity index (χ1v) is 6.91. The quantitative estimate of drug-likeness (QED) is 0.680. The van der Waals surface area contributed by atoms with E-state index in [-0.39, 0.29) is 5.91 Å². The molecule has 2 aromatic rings. The van der Waals surface area contributed by atoms with E-state index in [1.165, 1.54) is 6.92 Å². The van der Waals surface area contributed by atoms with E-state index in [0.717, 1.165) is 0 Å². The van der Waals surface area contributed by atoms with Gasteiger partial charge < -0.3 is 14.8 Å². The third kappa shape index (κ3) is 4.34. The van der Waals surface area contributed by atoms with E-state index in [0.29, 0.717) is 29.4 Å². The highest BCUT2D eigenvalue weighted by Gasteiger charge is 2.09. The summed E-state index contributed by atoms with van der Waals surface area (Å²) < 4.78 is 10.6. The maximum Gasteiger partial charge on any atom is 0.343 e. The smallest absolute Gasteiger partial charge is 0.343 e. The van der Waals surface area contributed by atoms with Crippen LogP contribution in [0.5, 0.6) is 11.5 Å². The number of rotatable bonds is 5. The van der Waals surface area contributed by atoms with Gasteiger partial charge in [0.25, 0.3) is 0 Å². The van der Waals surface area contributed by atoms with E-state index in [9.17, 15) is 9.59 Å². The fourth-order valence-corrected chi connectivity index (χ4v) is 1.83. The van der Waals surface area contributed by atoms with Crippen LogP contribution in [0.4, 0.5) is 5.69 Å². The highest BCUT2D eigenvalue weighted by molar-refractivity contribution is 5.91. The van der Waals surface area contributed by atoms with Crippen molar-refractivity contribution in [1.29, 1.82) is 0 Å². The van der Waals surface area contributed by atoms with Crippen molar-refractivity contribution in [1.82, 2.24) is 0 Å². The van der Waals surface area contributed by atoms with Gasteiger partial charge in [-0.15, -0.1) is 0 Å². The summed E-state index contributed by atoms with van der Waals surface area (Å²) in [6.45, 7) is 3.90. The molecule has 22 heavy (non-hydrogen) atoms. The molecule has 2 aromatic carbocycles.